The van der Waals surface area contributed by atoms with Gasteiger partial charge in [-0.15, -0.1) is 0 Å². The van der Waals surface area contributed by atoms with Crippen LogP contribution in [0.1, 0.15) is 48.2 Å². The molecule has 0 spiro atoms. The summed E-state index contributed by atoms with van der Waals surface area (Å²) in [4.78, 5) is 6.69. The van der Waals surface area contributed by atoms with Gasteiger partial charge in [0.25, 0.3) is 0 Å². The summed E-state index contributed by atoms with van der Waals surface area (Å²) in [7, 11) is 4.52. The average Bonchev–Trinajstić information content (AvgIpc) is 2.82. The molecule has 3 nitrogen and oxygen atoms in total. The fourth-order valence-electron chi connectivity index (χ4n) is 5.02. The van der Waals surface area contributed by atoms with Crippen molar-refractivity contribution in [2.24, 2.45) is 7.05 Å². The second kappa shape index (κ2) is 7.36. The molecule has 1 aromatic carbocycles. The Balaban J connectivity index is 1.85. The summed E-state index contributed by atoms with van der Waals surface area (Å²) in [6.45, 7) is 9.26. The SMILES string of the molecule is CCC(C)(Cc1cc(C)cc2c3c(n(C)c12)CCN(C)CC3)c1ccncc1. The Bertz CT molecular complexity index is 986. The van der Waals surface area contributed by atoms with Crippen LogP contribution in [0, 0.1) is 6.92 Å². The van der Waals surface area contributed by atoms with Crippen molar-refractivity contribution in [1.29, 1.82) is 0 Å². The van der Waals surface area contributed by atoms with Gasteiger partial charge in [-0.05, 0) is 73.5 Å². The van der Waals surface area contributed by atoms with Gasteiger partial charge in [0.2, 0.25) is 0 Å². The zero-order valence-electron chi connectivity index (χ0n) is 18.0. The maximum atomic E-state index is 4.23. The van der Waals surface area contributed by atoms with Crippen LogP contribution < -0.4 is 0 Å². The molecule has 0 amide bonds. The summed E-state index contributed by atoms with van der Waals surface area (Å²) in [5, 5.41) is 1.48. The first-order valence-electron chi connectivity index (χ1n) is 10.6. The molecule has 2 aromatic heterocycles. The zero-order chi connectivity index (χ0) is 19.9. The van der Waals surface area contributed by atoms with Gasteiger partial charge in [-0.2, -0.15) is 0 Å². The number of likely N-dealkylation sites (N-methyl/N-ethyl adjacent to an activating group) is 1. The normalized spacial score (nSPS) is 17.3. The van der Waals surface area contributed by atoms with Crippen LogP contribution in [0.15, 0.2) is 36.7 Å². The van der Waals surface area contributed by atoms with Crippen LogP contribution in [-0.2, 0) is 31.7 Å². The third-order valence-corrected chi connectivity index (χ3v) is 6.96. The molecule has 1 aliphatic heterocycles. The Labute approximate surface area is 169 Å². The first-order valence-corrected chi connectivity index (χ1v) is 10.6. The van der Waals surface area contributed by atoms with E-state index in [4.69, 9.17) is 0 Å². The summed E-state index contributed by atoms with van der Waals surface area (Å²) in [5.41, 5.74) is 8.93. The van der Waals surface area contributed by atoms with E-state index in [1.54, 1.807) is 5.56 Å². The van der Waals surface area contributed by atoms with Gasteiger partial charge in [-0.1, -0.05) is 25.5 Å². The van der Waals surface area contributed by atoms with Crippen molar-refractivity contribution >= 4 is 10.9 Å². The fraction of sp³-hybridized carbons (Fsp3) is 0.480. The molecule has 4 rings (SSSR count). The summed E-state index contributed by atoms with van der Waals surface area (Å²) < 4.78 is 2.50. The quantitative estimate of drug-likeness (QED) is 0.652. The highest BCUT2D eigenvalue weighted by atomic mass is 15.1. The van der Waals surface area contributed by atoms with Crippen molar-refractivity contribution in [1.82, 2.24) is 14.5 Å². The first kappa shape index (κ1) is 19.2. The summed E-state index contributed by atoms with van der Waals surface area (Å²) in [5.74, 6) is 0. The Morgan fingerprint density at radius 1 is 1.07 bits per heavy atom. The number of aromatic nitrogens is 2. The van der Waals surface area contributed by atoms with E-state index in [9.17, 15) is 0 Å². The van der Waals surface area contributed by atoms with Crippen molar-refractivity contribution < 1.29 is 0 Å². The Morgan fingerprint density at radius 3 is 2.50 bits per heavy atom. The number of hydrogen-bond acceptors (Lipinski definition) is 2. The van der Waals surface area contributed by atoms with Crippen LogP contribution in [0.3, 0.4) is 0 Å². The van der Waals surface area contributed by atoms with Gasteiger partial charge in [0.1, 0.15) is 0 Å². The number of hydrogen-bond donors (Lipinski definition) is 0. The number of aryl methyl sites for hydroxylation is 2. The van der Waals surface area contributed by atoms with E-state index >= 15 is 0 Å². The van der Waals surface area contributed by atoms with E-state index in [0.717, 1.165) is 38.8 Å². The van der Waals surface area contributed by atoms with Gasteiger partial charge >= 0.3 is 0 Å². The molecule has 0 N–H and O–H groups in total. The topological polar surface area (TPSA) is 21.1 Å². The van der Waals surface area contributed by atoms with E-state index in [0.29, 0.717) is 0 Å². The standard InChI is InChI=1S/C25H33N3/c1-6-25(3,20-7-11-26-12-8-20)17-19-15-18(2)16-22-21-9-13-27(4)14-10-23(21)28(5)24(19)22/h7-8,11-12,15-16H,6,9-10,13-14,17H2,1-5H3. The molecule has 3 aromatic rings. The van der Waals surface area contributed by atoms with E-state index in [1.807, 2.05) is 12.4 Å². The molecule has 0 saturated carbocycles. The lowest BCUT2D eigenvalue weighted by atomic mass is 9.75. The van der Waals surface area contributed by atoms with Crippen LogP contribution in [0.5, 0.6) is 0 Å². The lowest BCUT2D eigenvalue weighted by Crippen LogP contribution is -2.24. The second-order valence-electron chi connectivity index (χ2n) is 8.93. The third kappa shape index (κ3) is 3.26. The molecule has 28 heavy (non-hydrogen) atoms. The molecule has 3 heteroatoms. The number of benzene rings is 1. The Morgan fingerprint density at radius 2 is 1.79 bits per heavy atom. The zero-order valence-corrected chi connectivity index (χ0v) is 18.0. The predicted molar refractivity (Wildman–Crippen MR) is 118 cm³/mol. The second-order valence-corrected chi connectivity index (χ2v) is 8.93. The van der Waals surface area contributed by atoms with Gasteiger partial charge < -0.3 is 9.47 Å². The van der Waals surface area contributed by atoms with Crippen LogP contribution in [0.4, 0.5) is 0 Å². The maximum absolute atomic E-state index is 4.23. The van der Waals surface area contributed by atoms with E-state index in [1.165, 1.54) is 33.3 Å². The van der Waals surface area contributed by atoms with Crippen molar-refractivity contribution in [3.8, 4) is 0 Å². The monoisotopic (exact) mass is 375 g/mol. The number of pyridine rings is 1. The highest BCUT2D eigenvalue weighted by Gasteiger charge is 2.28. The van der Waals surface area contributed by atoms with Crippen molar-refractivity contribution in [2.75, 3.05) is 20.1 Å². The minimum atomic E-state index is 0.117. The number of rotatable bonds is 4. The smallest absolute Gasteiger partial charge is 0.0515 e. The molecule has 1 atom stereocenters. The molecular weight excluding hydrogens is 342 g/mol. The molecule has 0 bridgehead atoms. The van der Waals surface area contributed by atoms with E-state index in [2.05, 4.69) is 73.6 Å². The van der Waals surface area contributed by atoms with Gasteiger partial charge in [0.05, 0.1) is 5.52 Å². The van der Waals surface area contributed by atoms with Gasteiger partial charge in [-0.25, -0.2) is 0 Å². The van der Waals surface area contributed by atoms with E-state index < -0.39 is 0 Å². The largest absolute Gasteiger partial charge is 0.347 e. The van der Waals surface area contributed by atoms with Crippen molar-refractivity contribution in [3.63, 3.8) is 0 Å². The highest BCUT2D eigenvalue weighted by molar-refractivity contribution is 5.89. The van der Waals surface area contributed by atoms with Crippen LogP contribution in [0.25, 0.3) is 10.9 Å². The van der Waals surface area contributed by atoms with Crippen molar-refractivity contribution in [3.05, 3.63) is 64.6 Å². The lowest BCUT2D eigenvalue weighted by Gasteiger charge is -2.30. The predicted octanol–water partition coefficient (Wildman–Crippen LogP) is 4.82. The molecule has 0 fully saturated rings. The highest BCUT2D eigenvalue weighted by Crippen LogP contribution is 2.37. The Kier molecular flexibility index (Phi) is 5.05. The number of nitrogens with zero attached hydrogens (tertiary/aromatic N) is 3. The summed E-state index contributed by atoms with van der Waals surface area (Å²) >= 11 is 0. The minimum Gasteiger partial charge on any atom is -0.347 e. The van der Waals surface area contributed by atoms with Gasteiger partial charge in [0.15, 0.2) is 0 Å². The van der Waals surface area contributed by atoms with Crippen LogP contribution in [-0.4, -0.2) is 34.6 Å². The summed E-state index contributed by atoms with van der Waals surface area (Å²) in [6, 6.07) is 9.21. The molecule has 0 aliphatic carbocycles. The minimum absolute atomic E-state index is 0.117. The molecule has 0 radical (unpaired) electrons. The van der Waals surface area contributed by atoms with Crippen LogP contribution in [0.2, 0.25) is 0 Å². The van der Waals surface area contributed by atoms with Gasteiger partial charge in [0, 0.05) is 50.0 Å². The maximum Gasteiger partial charge on any atom is 0.0515 e. The fourth-order valence-corrected chi connectivity index (χ4v) is 5.02. The molecule has 3 heterocycles. The molecule has 148 valence electrons. The van der Waals surface area contributed by atoms with Gasteiger partial charge in [-0.3, -0.25) is 4.98 Å². The molecule has 1 aliphatic rings. The molecule has 0 saturated heterocycles. The first-order chi connectivity index (χ1) is 13.4. The van der Waals surface area contributed by atoms with E-state index in [-0.39, 0.29) is 5.41 Å². The molecule has 1 unspecified atom stereocenters. The molecular formula is C25H33N3. The third-order valence-electron chi connectivity index (χ3n) is 6.96. The van der Waals surface area contributed by atoms with Crippen molar-refractivity contribution in [2.45, 2.75) is 51.9 Å². The summed E-state index contributed by atoms with van der Waals surface area (Å²) in [6.07, 6.45) is 8.32. The lowest BCUT2D eigenvalue weighted by molar-refractivity contribution is 0.351. The van der Waals surface area contributed by atoms with Crippen LogP contribution >= 0.6 is 0 Å². The number of fused-ring (bicyclic) bond motifs is 3. The Hall–Kier alpha value is -2.13. The average molecular weight is 376 g/mol.